The molecule has 0 saturated carbocycles. The van der Waals surface area contributed by atoms with E-state index < -0.39 is 11.4 Å². The standard InChI is InChI=1S/C13H14BrFN2O2.C2H6/c1-6-5-19-11-7(14)4-8(15)9-10(11)17(6)12(16-9)13(2,3)18;1-2/h4,6,18H,5H2,1-3H3;1-2H3. The molecular formula is C15H20BrFN2O2. The molecule has 1 unspecified atom stereocenters. The van der Waals surface area contributed by atoms with Gasteiger partial charge < -0.3 is 14.4 Å². The molecule has 116 valence electrons. The largest absolute Gasteiger partial charge is 0.488 e. The number of aromatic nitrogens is 2. The Hall–Kier alpha value is -1.14. The predicted molar refractivity (Wildman–Crippen MR) is 84.2 cm³/mol. The molecule has 0 aliphatic carbocycles. The first-order valence-corrected chi connectivity index (χ1v) is 7.85. The molecule has 0 amide bonds. The molecule has 0 radical (unpaired) electrons. The van der Waals surface area contributed by atoms with Crippen molar-refractivity contribution in [1.29, 1.82) is 0 Å². The van der Waals surface area contributed by atoms with E-state index in [4.69, 9.17) is 4.74 Å². The van der Waals surface area contributed by atoms with Crippen molar-refractivity contribution in [2.24, 2.45) is 0 Å². The molecule has 1 atom stereocenters. The number of benzene rings is 1. The minimum absolute atomic E-state index is 0.00683. The Morgan fingerprint density at radius 3 is 2.67 bits per heavy atom. The van der Waals surface area contributed by atoms with Crippen LogP contribution in [0.25, 0.3) is 11.0 Å². The molecule has 1 N–H and O–H groups in total. The number of hydrogen-bond donors (Lipinski definition) is 1. The SMILES string of the molecule is CC.CC1COc2c(Br)cc(F)c3nc(C(C)(C)O)n1c23. The second-order valence-electron chi connectivity index (χ2n) is 5.39. The molecule has 0 spiro atoms. The van der Waals surface area contributed by atoms with Gasteiger partial charge in [-0.3, -0.25) is 0 Å². The second kappa shape index (κ2) is 5.57. The Labute approximate surface area is 132 Å². The van der Waals surface area contributed by atoms with Gasteiger partial charge in [0, 0.05) is 0 Å². The fraction of sp³-hybridized carbons (Fsp3) is 0.533. The van der Waals surface area contributed by atoms with Crippen molar-refractivity contribution < 1.29 is 14.2 Å². The summed E-state index contributed by atoms with van der Waals surface area (Å²) in [6.45, 7) is 9.71. The topological polar surface area (TPSA) is 47.3 Å². The van der Waals surface area contributed by atoms with Crippen LogP contribution in [0.5, 0.6) is 5.75 Å². The maximum absolute atomic E-state index is 14.1. The maximum atomic E-state index is 14.1. The van der Waals surface area contributed by atoms with Gasteiger partial charge in [0.25, 0.3) is 0 Å². The molecule has 0 saturated heterocycles. The molecule has 2 aromatic rings. The summed E-state index contributed by atoms with van der Waals surface area (Å²) in [5, 5.41) is 10.2. The van der Waals surface area contributed by atoms with Crippen molar-refractivity contribution in [3.05, 3.63) is 22.2 Å². The number of ether oxygens (including phenoxy) is 1. The summed E-state index contributed by atoms with van der Waals surface area (Å²) in [6, 6.07) is 1.34. The molecule has 1 aliphatic rings. The molecule has 1 aromatic heterocycles. The normalized spacial score (nSPS) is 17.2. The summed E-state index contributed by atoms with van der Waals surface area (Å²) in [5.74, 6) is 0.613. The highest BCUT2D eigenvalue weighted by atomic mass is 79.9. The molecule has 1 aliphatic heterocycles. The number of halogens is 2. The fourth-order valence-electron chi connectivity index (χ4n) is 2.45. The van der Waals surface area contributed by atoms with Crippen LogP contribution < -0.4 is 4.74 Å². The lowest BCUT2D eigenvalue weighted by molar-refractivity contribution is 0.0615. The Bertz CT molecular complexity index is 677. The van der Waals surface area contributed by atoms with Gasteiger partial charge >= 0.3 is 0 Å². The lowest BCUT2D eigenvalue weighted by atomic mass is 10.1. The first kappa shape index (κ1) is 16.2. The van der Waals surface area contributed by atoms with Gasteiger partial charge in [-0.15, -0.1) is 0 Å². The van der Waals surface area contributed by atoms with Crippen molar-refractivity contribution in [1.82, 2.24) is 9.55 Å². The zero-order valence-electron chi connectivity index (χ0n) is 12.9. The van der Waals surface area contributed by atoms with Gasteiger partial charge in [-0.1, -0.05) is 13.8 Å². The van der Waals surface area contributed by atoms with Crippen LogP contribution in [0.3, 0.4) is 0 Å². The van der Waals surface area contributed by atoms with Gasteiger partial charge in [-0.2, -0.15) is 0 Å². The van der Waals surface area contributed by atoms with Crippen LogP contribution in [-0.4, -0.2) is 21.3 Å². The van der Waals surface area contributed by atoms with Crippen LogP contribution in [0.15, 0.2) is 10.5 Å². The van der Waals surface area contributed by atoms with E-state index in [2.05, 4.69) is 20.9 Å². The maximum Gasteiger partial charge on any atom is 0.159 e. The van der Waals surface area contributed by atoms with E-state index in [1.165, 1.54) is 6.07 Å². The number of nitrogens with zero attached hydrogens (tertiary/aromatic N) is 2. The lowest BCUT2D eigenvalue weighted by Crippen LogP contribution is -2.28. The van der Waals surface area contributed by atoms with Crippen LogP contribution in [0.1, 0.15) is 46.5 Å². The highest BCUT2D eigenvalue weighted by molar-refractivity contribution is 9.10. The van der Waals surface area contributed by atoms with E-state index in [1.54, 1.807) is 13.8 Å². The average Bonchev–Trinajstić information content (AvgIpc) is 2.82. The highest BCUT2D eigenvalue weighted by Gasteiger charge is 2.33. The Balaban J connectivity index is 0.000000774. The van der Waals surface area contributed by atoms with E-state index >= 15 is 0 Å². The Kier molecular flexibility index (Phi) is 4.31. The Morgan fingerprint density at radius 1 is 1.48 bits per heavy atom. The Morgan fingerprint density at radius 2 is 2.10 bits per heavy atom. The van der Waals surface area contributed by atoms with Crippen molar-refractivity contribution in [3.8, 4) is 5.75 Å². The minimum Gasteiger partial charge on any atom is -0.488 e. The van der Waals surface area contributed by atoms with Gasteiger partial charge in [0.05, 0.1) is 10.5 Å². The second-order valence-corrected chi connectivity index (χ2v) is 6.25. The number of imidazole rings is 1. The third-order valence-electron chi connectivity index (χ3n) is 3.28. The molecule has 6 heteroatoms. The predicted octanol–water partition coefficient (Wildman–Crippen LogP) is 4.14. The zero-order valence-corrected chi connectivity index (χ0v) is 14.5. The van der Waals surface area contributed by atoms with E-state index in [9.17, 15) is 9.50 Å². The number of hydrogen-bond acceptors (Lipinski definition) is 3. The molecule has 4 nitrogen and oxygen atoms in total. The van der Waals surface area contributed by atoms with E-state index in [0.717, 1.165) is 0 Å². The van der Waals surface area contributed by atoms with Crippen molar-refractivity contribution >= 4 is 27.0 Å². The van der Waals surface area contributed by atoms with Crippen LogP contribution in [0, 0.1) is 5.82 Å². The minimum atomic E-state index is -1.14. The molecule has 21 heavy (non-hydrogen) atoms. The van der Waals surface area contributed by atoms with Gasteiger partial charge in [0.15, 0.2) is 11.6 Å². The fourth-order valence-corrected chi connectivity index (χ4v) is 2.95. The van der Waals surface area contributed by atoms with Crippen LogP contribution in [-0.2, 0) is 5.60 Å². The van der Waals surface area contributed by atoms with Crippen molar-refractivity contribution in [3.63, 3.8) is 0 Å². The summed E-state index contributed by atoms with van der Waals surface area (Å²) in [4.78, 5) is 4.28. The summed E-state index contributed by atoms with van der Waals surface area (Å²) in [7, 11) is 0. The van der Waals surface area contributed by atoms with Crippen molar-refractivity contribution in [2.45, 2.75) is 46.3 Å². The average molecular weight is 359 g/mol. The third-order valence-corrected chi connectivity index (χ3v) is 3.87. The first-order chi connectivity index (χ1) is 9.80. The van der Waals surface area contributed by atoms with Gasteiger partial charge in [0.2, 0.25) is 0 Å². The molecule has 3 rings (SSSR count). The van der Waals surface area contributed by atoms with E-state index in [0.29, 0.717) is 28.2 Å². The van der Waals surface area contributed by atoms with Gasteiger partial charge in [-0.05, 0) is 42.8 Å². The molecule has 1 aromatic carbocycles. The summed E-state index contributed by atoms with van der Waals surface area (Å²) < 4.78 is 22.1. The molecule has 2 heterocycles. The number of aliphatic hydroxyl groups is 1. The molecule has 0 fully saturated rings. The van der Waals surface area contributed by atoms with Gasteiger partial charge in [-0.25, -0.2) is 9.37 Å². The first-order valence-electron chi connectivity index (χ1n) is 7.06. The highest BCUT2D eigenvalue weighted by Crippen LogP contribution is 2.42. The lowest BCUT2D eigenvalue weighted by Gasteiger charge is -2.28. The van der Waals surface area contributed by atoms with Gasteiger partial charge in [0.1, 0.15) is 29.1 Å². The summed E-state index contributed by atoms with van der Waals surface area (Å²) in [5.41, 5.74) is -0.300. The summed E-state index contributed by atoms with van der Waals surface area (Å²) >= 11 is 3.31. The molecule has 0 bridgehead atoms. The zero-order chi connectivity index (χ0) is 15.9. The van der Waals surface area contributed by atoms with E-state index in [-0.39, 0.29) is 11.6 Å². The van der Waals surface area contributed by atoms with Crippen LogP contribution >= 0.6 is 15.9 Å². The number of rotatable bonds is 1. The third kappa shape index (κ3) is 2.55. The monoisotopic (exact) mass is 358 g/mol. The molecular weight excluding hydrogens is 339 g/mol. The summed E-state index contributed by atoms with van der Waals surface area (Å²) in [6.07, 6.45) is 0. The van der Waals surface area contributed by atoms with Crippen LogP contribution in [0.4, 0.5) is 4.39 Å². The quantitative estimate of drug-likeness (QED) is 0.832. The smallest absolute Gasteiger partial charge is 0.159 e. The van der Waals surface area contributed by atoms with Crippen molar-refractivity contribution in [2.75, 3.05) is 6.61 Å². The van der Waals surface area contributed by atoms with Crippen LogP contribution in [0.2, 0.25) is 0 Å². The van der Waals surface area contributed by atoms with E-state index in [1.807, 2.05) is 25.3 Å².